The van der Waals surface area contributed by atoms with Crippen LogP contribution in [0.25, 0.3) is 11.0 Å². The van der Waals surface area contributed by atoms with Crippen LogP contribution in [-0.4, -0.2) is 15.0 Å². The highest BCUT2D eigenvalue weighted by Gasteiger charge is 2.14. The van der Waals surface area contributed by atoms with E-state index < -0.39 is 0 Å². The summed E-state index contributed by atoms with van der Waals surface area (Å²) in [5, 5.41) is 9.93. The van der Waals surface area contributed by atoms with Crippen molar-refractivity contribution >= 4 is 22.6 Å². The number of nitriles is 1. The molecule has 0 saturated heterocycles. The van der Waals surface area contributed by atoms with Crippen molar-refractivity contribution in [2.45, 2.75) is 12.8 Å². The molecule has 0 amide bonds. The lowest BCUT2D eigenvalue weighted by Crippen LogP contribution is -1.89. The summed E-state index contributed by atoms with van der Waals surface area (Å²) in [5.74, 6) is -0.216. The SMILES string of the molecule is CC(C#N)c1c[nH]c2ncnc(Cl)c12. The fourth-order valence-corrected chi connectivity index (χ4v) is 1.60. The summed E-state index contributed by atoms with van der Waals surface area (Å²) in [6, 6.07) is 2.15. The largest absolute Gasteiger partial charge is 0.346 e. The number of aromatic amines is 1. The van der Waals surface area contributed by atoms with E-state index in [1.807, 2.05) is 6.92 Å². The molecule has 70 valence electrons. The van der Waals surface area contributed by atoms with Crippen LogP contribution in [0.5, 0.6) is 0 Å². The van der Waals surface area contributed by atoms with Crippen molar-refractivity contribution < 1.29 is 0 Å². The maximum absolute atomic E-state index is 8.81. The van der Waals surface area contributed by atoms with Gasteiger partial charge < -0.3 is 4.98 Å². The molecule has 5 heteroatoms. The molecule has 4 nitrogen and oxygen atoms in total. The molecule has 14 heavy (non-hydrogen) atoms. The van der Waals surface area contributed by atoms with Crippen LogP contribution in [0.1, 0.15) is 18.4 Å². The minimum absolute atomic E-state index is 0.216. The first-order valence-electron chi connectivity index (χ1n) is 4.11. The number of halogens is 1. The quantitative estimate of drug-likeness (QED) is 0.728. The number of fused-ring (bicyclic) bond motifs is 1. The van der Waals surface area contributed by atoms with Gasteiger partial charge in [-0.2, -0.15) is 5.26 Å². The fraction of sp³-hybridized carbons (Fsp3) is 0.222. The highest BCUT2D eigenvalue weighted by atomic mass is 35.5. The molecule has 0 aliphatic carbocycles. The van der Waals surface area contributed by atoms with Crippen molar-refractivity contribution in [1.29, 1.82) is 5.26 Å². The molecule has 2 aromatic heterocycles. The van der Waals surface area contributed by atoms with E-state index in [1.165, 1.54) is 6.33 Å². The minimum atomic E-state index is -0.216. The molecule has 2 aromatic rings. The van der Waals surface area contributed by atoms with Crippen LogP contribution >= 0.6 is 11.6 Å². The van der Waals surface area contributed by atoms with E-state index in [0.717, 1.165) is 10.9 Å². The zero-order chi connectivity index (χ0) is 10.1. The Morgan fingerprint density at radius 3 is 3.07 bits per heavy atom. The molecule has 0 aromatic carbocycles. The van der Waals surface area contributed by atoms with Crippen molar-refractivity contribution in [2.24, 2.45) is 0 Å². The maximum atomic E-state index is 8.81. The second-order valence-electron chi connectivity index (χ2n) is 2.98. The average molecular weight is 207 g/mol. The summed E-state index contributed by atoms with van der Waals surface area (Å²) in [6.45, 7) is 1.81. The first kappa shape index (κ1) is 8.97. The summed E-state index contributed by atoms with van der Waals surface area (Å²) in [6.07, 6.45) is 3.14. The smallest absolute Gasteiger partial charge is 0.142 e. The zero-order valence-corrected chi connectivity index (χ0v) is 8.21. The Bertz CT molecular complexity index is 511. The van der Waals surface area contributed by atoms with E-state index in [1.54, 1.807) is 6.20 Å². The van der Waals surface area contributed by atoms with E-state index >= 15 is 0 Å². The van der Waals surface area contributed by atoms with Crippen molar-refractivity contribution in [3.8, 4) is 6.07 Å². The Balaban J connectivity index is 2.74. The van der Waals surface area contributed by atoms with Gasteiger partial charge in [0.2, 0.25) is 0 Å². The molecular weight excluding hydrogens is 200 g/mol. The lowest BCUT2D eigenvalue weighted by Gasteiger charge is -1.99. The molecule has 2 rings (SSSR count). The molecule has 0 aliphatic heterocycles. The van der Waals surface area contributed by atoms with Gasteiger partial charge in [-0.15, -0.1) is 0 Å². The molecule has 0 bridgehead atoms. The Morgan fingerprint density at radius 2 is 2.36 bits per heavy atom. The summed E-state index contributed by atoms with van der Waals surface area (Å²) in [7, 11) is 0. The predicted molar refractivity (Wildman–Crippen MR) is 52.9 cm³/mol. The summed E-state index contributed by atoms with van der Waals surface area (Å²) < 4.78 is 0. The molecule has 0 aliphatic rings. The first-order valence-corrected chi connectivity index (χ1v) is 4.49. The third kappa shape index (κ3) is 1.22. The van der Waals surface area contributed by atoms with Crippen LogP contribution in [0.15, 0.2) is 12.5 Å². The number of rotatable bonds is 1. The van der Waals surface area contributed by atoms with Crippen LogP contribution in [-0.2, 0) is 0 Å². The van der Waals surface area contributed by atoms with Gasteiger partial charge in [-0.05, 0) is 12.5 Å². The van der Waals surface area contributed by atoms with Gasteiger partial charge in [-0.25, -0.2) is 9.97 Å². The van der Waals surface area contributed by atoms with Crippen LogP contribution in [0.2, 0.25) is 5.15 Å². The van der Waals surface area contributed by atoms with E-state index in [-0.39, 0.29) is 5.92 Å². The number of aromatic nitrogens is 3. The molecule has 0 spiro atoms. The second-order valence-corrected chi connectivity index (χ2v) is 3.34. The van der Waals surface area contributed by atoms with Gasteiger partial charge in [0.15, 0.2) is 0 Å². The van der Waals surface area contributed by atoms with E-state index in [4.69, 9.17) is 16.9 Å². The predicted octanol–water partition coefficient (Wildman–Crippen LogP) is 2.24. The van der Waals surface area contributed by atoms with E-state index in [9.17, 15) is 0 Å². The summed E-state index contributed by atoms with van der Waals surface area (Å²) >= 11 is 5.92. The molecule has 1 atom stereocenters. The first-order chi connectivity index (χ1) is 6.74. The fourth-order valence-electron chi connectivity index (χ4n) is 1.36. The molecule has 0 fully saturated rings. The molecular formula is C9H7ClN4. The van der Waals surface area contributed by atoms with Crippen LogP contribution in [0, 0.1) is 11.3 Å². The minimum Gasteiger partial charge on any atom is -0.346 e. The average Bonchev–Trinajstić information content (AvgIpc) is 2.62. The summed E-state index contributed by atoms with van der Waals surface area (Å²) in [4.78, 5) is 10.9. The number of nitrogens with zero attached hydrogens (tertiary/aromatic N) is 3. The van der Waals surface area contributed by atoms with Crippen molar-refractivity contribution in [3.63, 3.8) is 0 Å². The van der Waals surface area contributed by atoms with Gasteiger partial charge in [-0.3, -0.25) is 0 Å². The van der Waals surface area contributed by atoms with Crippen molar-refractivity contribution in [2.75, 3.05) is 0 Å². The number of H-pyrrole nitrogens is 1. The second kappa shape index (κ2) is 3.28. The Morgan fingerprint density at radius 1 is 1.57 bits per heavy atom. The van der Waals surface area contributed by atoms with Crippen molar-refractivity contribution in [1.82, 2.24) is 15.0 Å². The molecule has 2 heterocycles. The van der Waals surface area contributed by atoms with Gasteiger partial charge in [0.1, 0.15) is 17.1 Å². The Labute approximate surface area is 85.6 Å². The van der Waals surface area contributed by atoms with E-state index in [0.29, 0.717) is 10.8 Å². The van der Waals surface area contributed by atoms with Crippen molar-refractivity contribution in [3.05, 3.63) is 23.2 Å². The highest BCUT2D eigenvalue weighted by molar-refractivity contribution is 6.34. The zero-order valence-electron chi connectivity index (χ0n) is 7.45. The van der Waals surface area contributed by atoms with E-state index in [2.05, 4.69) is 21.0 Å². The highest BCUT2D eigenvalue weighted by Crippen LogP contribution is 2.28. The topological polar surface area (TPSA) is 65.4 Å². The Hall–Kier alpha value is -1.60. The number of hydrogen-bond acceptors (Lipinski definition) is 3. The lowest BCUT2D eigenvalue weighted by atomic mass is 10.0. The van der Waals surface area contributed by atoms with Gasteiger partial charge in [-0.1, -0.05) is 11.6 Å². The molecule has 1 unspecified atom stereocenters. The number of nitrogens with one attached hydrogen (secondary N) is 1. The summed E-state index contributed by atoms with van der Waals surface area (Å²) in [5.41, 5.74) is 1.51. The van der Waals surface area contributed by atoms with Crippen LogP contribution in [0.4, 0.5) is 0 Å². The van der Waals surface area contributed by atoms with Gasteiger partial charge in [0, 0.05) is 6.20 Å². The normalized spacial score (nSPS) is 12.6. The van der Waals surface area contributed by atoms with Crippen LogP contribution in [0.3, 0.4) is 0 Å². The van der Waals surface area contributed by atoms with Gasteiger partial charge >= 0.3 is 0 Å². The standard InChI is InChI=1S/C9H7ClN4/c1-5(2-11)6-3-12-9-7(6)8(10)13-4-14-9/h3-5H,1H3,(H,12,13,14). The van der Waals surface area contributed by atoms with Gasteiger partial charge in [0.25, 0.3) is 0 Å². The number of hydrogen-bond donors (Lipinski definition) is 1. The van der Waals surface area contributed by atoms with Crippen LogP contribution < -0.4 is 0 Å². The third-order valence-electron chi connectivity index (χ3n) is 2.11. The van der Waals surface area contributed by atoms with Gasteiger partial charge in [0.05, 0.1) is 17.4 Å². The monoisotopic (exact) mass is 206 g/mol. The molecule has 0 radical (unpaired) electrons. The lowest BCUT2D eigenvalue weighted by molar-refractivity contribution is 0.992. The Kier molecular flexibility index (Phi) is 2.10. The third-order valence-corrected chi connectivity index (χ3v) is 2.40. The molecule has 1 N–H and O–H groups in total. The maximum Gasteiger partial charge on any atom is 0.142 e. The molecule has 0 saturated carbocycles.